The van der Waals surface area contributed by atoms with Crippen molar-refractivity contribution in [3.8, 4) is 5.69 Å². The average Bonchev–Trinajstić information content (AvgIpc) is 3.44. The third kappa shape index (κ3) is 2.60. The standard InChI is InChI=1S/C27H21N3/c1-3-10-21(11-4-1)28-18-19-29(20-28)26-17-9-15-24-23-14-7-8-16-25(23)30(27(24)26)22-12-5-2-6-13-22/h1-19H,20H2. The maximum atomic E-state index is 2.39. The second kappa shape index (κ2) is 6.82. The highest BCUT2D eigenvalue weighted by Crippen LogP contribution is 2.38. The number of hydrogen-bond donors (Lipinski definition) is 0. The summed E-state index contributed by atoms with van der Waals surface area (Å²) >= 11 is 0. The molecule has 1 aliphatic rings. The van der Waals surface area contributed by atoms with Crippen molar-refractivity contribution in [3.63, 3.8) is 0 Å². The maximum absolute atomic E-state index is 2.39. The molecule has 0 amide bonds. The van der Waals surface area contributed by atoms with E-state index in [0.717, 1.165) is 6.67 Å². The SMILES string of the molecule is C1=CN(c2cccc3c4ccccc4n(-c4ccccc4)c23)CN1c1ccccc1. The van der Waals surface area contributed by atoms with Crippen LogP contribution in [-0.4, -0.2) is 11.2 Å². The number of benzene rings is 4. The van der Waals surface area contributed by atoms with Gasteiger partial charge in [-0.2, -0.15) is 0 Å². The van der Waals surface area contributed by atoms with Crippen molar-refractivity contribution in [2.45, 2.75) is 0 Å². The second-order valence-electron chi connectivity index (χ2n) is 7.58. The van der Waals surface area contributed by atoms with E-state index in [-0.39, 0.29) is 0 Å². The fourth-order valence-electron chi connectivity index (χ4n) is 4.44. The molecule has 0 saturated heterocycles. The fraction of sp³-hybridized carbons (Fsp3) is 0.0370. The monoisotopic (exact) mass is 387 g/mol. The Hall–Kier alpha value is -3.98. The van der Waals surface area contributed by atoms with Crippen molar-refractivity contribution < 1.29 is 0 Å². The third-order valence-electron chi connectivity index (χ3n) is 5.82. The first-order valence-electron chi connectivity index (χ1n) is 10.2. The first kappa shape index (κ1) is 16.9. The van der Waals surface area contributed by atoms with Crippen molar-refractivity contribution in [2.24, 2.45) is 0 Å². The molecule has 0 spiro atoms. The van der Waals surface area contributed by atoms with Gasteiger partial charge in [0.2, 0.25) is 0 Å². The summed E-state index contributed by atoms with van der Waals surface area (Å²) in [6, 6.07) is 36.4. The lowest BCUT2D eigenvalue weighted by Gasteiger charge is -2.23. The Balaban J connectivity index is 1.55. The molecule has 0 unspecified atom stereocenters. The van der Waals surface area contributed by atoms with Gasteiger partial charge in [-0.3, -0.25) is 0 Å². The molecule has 0 N–H and O–H groups in total. The summed E-state index contributed by atoms with van der Waals surface area (Å²) in [6.07, 6.45) is 4.33. The van der Waals surface area contributed by atoms with Gasteiger partial charge in [-0.25, -0.2) is 0 Å². The number of nitrogens with zero attached hydrogens (tertiary/aromatic N) is 3. The molecule has 1 aromatic heterocycles. The second-order valence-corrected chi connectivity index (χ2v) is 7.58. The Morgan fingerprint density at radius 3 is 1.93 bits per heavy atom. The minimum absolute atomic E-state index is 0.791. The molecule has 3 nitrogen and oxygen atoms in total. The molecule has 0 bridgehead atoms. The van der Waals surface area contributed by atoms with Crippen molar-refractivity contribution in [2.75, 3.05) is 16.5 Å². The van der Waals surface area contributed by atoms with Gasteiger partial charge in [0, 0.05) is 34.5 Å². The van der Waals surface area contributed by atoms with Gasteiger partial charge in [0.15, 0.2) is 0 Å². The zero-order valence-corrected chi connectivity index (χ0v) is 16.5. The van der Waals surface area contributed by atoms with Crippen LogP contribution < -0.4 is 9.80 Å². The van der Waals surface area contributed by atoms with Crippen LogP contribution in [0.25, 0.3) is 27.5 Å². The van der Waals surface area contributed by atoms with E-state index in [0.29, 0.717) is 0 Å². The first-order valence-corrected chi connectivity index (χ1v) is 10.2. The lowest BCUT2D eigenvalue weighted by molar-refractivity contribution is 0.975. The van der Waals surface area contributed by atoms with Gasteiger partial charge in [0.1, 0.15) is 0 Å². The molecule has 0 fully saturated rings. The van der Waals surface area contributed by atoms with Crippen LogP contribution in [0.4, 0.5) is 11.4 Å². The predicted molar refractivity (Wildman–Crippen MR) is 126 cm³/mol. The molecular weight excluding hydrogens is 366 g/mol. The lowest BCUT2D eigenvalue weighted by atomic mass is 10.1. The van der Waals surface area contributed by atoms with Crippen LogP contribution in [0.1, 0.15) is 0 Å². The van der Waals surface area contributed by atoms with Crippen LogP contribution in [0.15, 0.2) is 116 Å². The van der Waals surface area contributed by atoms with Gasteiger partial charge < -0.3 is 14.4 Å². The molecular formula is C27H21N3. The predicted octanol–water partition coefficient (Wildman–Crippen LogP) is 6.54. The molecule has 2 heterocycles. The molecule has 0 saturated carbocycles. The zero-order valence-electron chi connectivity index (χ0n) is 16.5. The van der Waals surface area contributed by atoms with Gasteiger partial charge in [-0.1, -0.05) is 66.7 Å². The molecule has 0 aliphatic carbocycles. The quantitative estimate of drug-likeness (QED) is 0.348. The van der Waals surface area contributed by atoms with Gasteiger partial charge in [-0.05, 0) is 36.4 Å². The summed E-state index contributed by atoms with van der Waals surface area (Å²) in [7, 11) is 0. The van der Waals surface area contributed by atoms with Crippen LogP contribution in [0, 0.1) is 0 Å². The van der Waals surface area contributed by atoms with Crippen LogP contribution in [0.3, 0.4) is 0 Å². The van der Waals surface area contributed by atoms with E-state index >= 15 is 0 Å². The van der Waals surface area contributed by atoms with Crippen molar-refractivity contribution in [3.05, 3.63) is 116 Å². The number of anilines is 2. The highest BCUT2D eigenvalue weighted by Gasteiger charge is 2.21. The van der Waals surface area contributed by atoms with Crippen LogP contribution in [0.5, 0.6) is 0 Å². The van der Waals surface area contributed by atoms with Crippen LogP contribution in [-0.2, 0) is 0 Å². The van der Waals surface area contributed by atoms with E-state index in [2.05, 4.69) is 130 Å². The van der Waals surface area contributed by atoms with Crippen LogP contribution >= 0.6 is 0 Å². The average molecular weight is 387 g/mol. The normalized spacial score (nSPS) is 13.6. The highest BCUT2D eigenvalue weighted by molar-refractivity contribution is 6.13. The van der Waals surface area contributed by atoms with Crippen LogP contribution in [0.2, 0.25) is 0 Å². The molecule has 6 rings (SSSR count). The molecule has 30 heavy (non-hydrogen) atoms. The number of rotatable bonds is 3. The van der Waals surface area contributed by atoms with E-state index in [4.69, 9.17) is 0 Å². The molecule has 5 aromatic rings. The molecule has 0 radical (unpaired) electrons. The summed E-state index contributed by atoms with van der Waals surface area (Å²) in [4.78, 5) is 4.60. The summed E-state index contributed by atoms with van der Waals surface area (Å²) in [6.45, 7) is 0.791. The van der Waals surface area contributed by atoms with E-state index in [1.165, 1.54) is 38.9 Å². The Labute approximate surface area is 175 Å². The first-order chi connectivity index (χ1) is 14.9. The summed E-state index contributed by atoms with van der Waals surface area (Å²) < 4.78 is 2.39. The van der Waals surface area contributed by atoms with E-state index in [9.17, 15) is 0 Å². The molecule has 144 valence electrons. The molecule has 3 heteroatoms. The van der Waals surface area contributed by atoms with E-state index in [1.54, 1.807) is 0 Å². The van der Waals surface area contributed by atoms with Gasteiger partial charge in [0.05, 0.1) is 23.4 Å². The van der Waals surface area contributed by atoms with Gasteiger partial charge >= 0.3 is 0 Å². The van der Waals surface area contributed by atoms with Gasteiger partial charge in [0.25, 0.3) is 0 Å². The lowest BCUT2D eigenvalue weighted by Crippen LogP contribution is -2.24. The number of aromatic nitrogens is 1. The number of hydrogen-bond acceptors (Lipinski definition) is 2. The highest BCUT2D eigenvalue weighted by atomic mass is 15.3. The minimum atomic E-state index is 0.791. The molecule has 0 atom stereocenters. The topological polar surface area (TPSA) is 11.4 Å². The Kier molecular flexibility index (Phi) is 3.85. The maximum Gasteiger partial charge on any atom is 0.0990 e. The largest absolute Gasteiger partial charge is 0.328 e. The van der Waals surface area contributed by atoms with Crippen molar-refractivity contribution in [1.82, 2.24) is 4.57 Å². The third-order valence-corrected chi connectivity index (χ3v) is 5.82. The van der Waals surface area contributed by atoms with E-state index < -0.39 is 0 Å². The van der Waals surface area contributed by atoms with E-state index in [1.807, 2.05) is 0 Å². The molecule has 4 aromatic carbocycles. The van der Waals surface area contributed by atoms with Crippen molar-refractivity contribution >= 4 is 33.2 Å². The van der Waals surface area contributed by atoms with Crippen molar-refractivity contribution in [1.29, 1.82) is 0 Å². The summed E-state index contributed by atoms with van der Waals surface area (Å²) in [5.74, 6) is 0. The zero-order chi connectivity index (χ0) is 19.9. The Morgan fingerprint density at radius 2 is 1.13 bits per heavy atom. The molecule has 1 aliphatic heterocycles. The Bertz CT molecular complexity index is 1370. The summed E-state index contributed by atoms with van der Waals surface area (Å²) in [5, 5.41) is 2.56. The smallest absolute Gasteiger partial charge is 0.0990 e. The fourth-order valence-corrected chi connectivity index (χ4v) is 4.44. The Morgan fingerprint density at radius 1 is 0.500 bits per heavy atom. The number of para-hydroxylation sites is 4. The number of fused-ring (bicyclic) bond motifs is 3. The minimum Gasteiger partial charge on any atom is -0.328 e. The van der Waals surface area contributed by atoms with Gasteiger partial charge in [-0.15, -0.1) is 0 Å². The summed E-state index contributed by atoms with van der Waals surface area (Å²) in [5.41, 5.74) is 6.06.